The molecule has 24 heavy (non-hydrogen) atoms. The molecule has 0 aromatic heterocycles. The van der Waals surface area contributed by atoms with E-state index in [-0.39, 0.29) is 0 Å². The average Bonchev–Trinajstić information content (AvgIpc) is 2.88. The number of hydrogen-bond donors (Lipinski definition) is 1. The highest BCUT2D eigenvalue weighted by molar-refractivity contribution is 6.23. The minimum atomic E-state index is -5.10. The van der Waals surface area contributed by atoms with Gasteiger partial charge in [-0.15, -0.1) is 0 Å². The standard InChI is InChI=1S/C19H30O5/c1-14-15(12-10-8-6-4-5-7-9-11-13-20)17(22)19(24-3)18(23-2)16(14)21/h20H,4-13H2,1-3H3/i1D3,2D3,3D3,4D2,5D2,6D2,7D2,8D2,9D2,10D2,11D2,12D2,13D2. The predicted molar refractivity (Wildman–Crippen MR) is 92.4 cm³/mol. The number of ketones is 2. The largest absolute Gasteiger partial charge is 0.489 e. The molecular weight excluding hydrogens is 308 g/mol. The molecule has 0 aromatic carbocycles. The number of carbonyl (C=O) groups excluding carboxylic acids is 2. The van der Waals surface area contributed by atoms with Gasteiger partial charge in [0, 0.05) is 46.5 Å². The molecule has 136 valence electrons. The van der Waals surface area contributed by atoms with E-state index in [0.29, 0.717) is 0 Å². The molecule has 0 atom stereocenters. The summed E-state index contributed by atoms with van der Waals surface area (Å²) in [6.07, 6.45) is -44.2. The van der Waals surface area contributed by atoms with Crippen molar-refractivity contribution in [3.05, 3.63) is 22.7 Å². The minimum Gasteiger partial charge on any atom is -0.489 e. The van der Waals surface area contributed by atoms with Crippen LogP contribution in [0.3, 0.4) is 0 Å². The van der Waals surface area contributed by atoms with Crippen molar-refractivity contribution >= 4 is 11.6 Å². The van der Waals surface area contributed by atoms with Crippen molar-refractivity contribution in [2.24, 2.45) is 0 Å². The third kappa shape index (κ3) is 5.48. The lowest BCUT2D eigenvalue weighted by Crippen LogP contribution is -2.25. The monoisotopic (exact) mass is 367 g/mol. The van der Waals surface area contributed by atoms with Crippen LogP contribution < -0.4 is 0 Å². The number of Topliss-reactive ketones (excluding diaryl/α,β-unsaturated/α-hetero) is 2. The first-order valence-corrected chi connectivity index (χ1v) is 5.70. The molecule has 5 nitrogen and oxygen atoms in total. The average molecular weight is 368 g/mol. The fourth-order valence-electron chi connectivity index (χ4n) is 1.27. The summed E-state index contributed by atoms with van der Waals surface area (Å²) in [5.74, 6) is -8.93. The molecule has 1 rings (SSSR count). The fourth-order valence-corrected chi connectivity index (χ4v) is 1.27. The fraction of sp³-hybridized carbons (Fsp3) is 0.684. The van der Waals surface area contributed by atoms with E-state index in [1.165, 1.54) is 0 Å². The number of carbonyl (C=O) groups is 2. The maximum Gasteiger partial charge on any atom is 0.228 e. The third-order valence-corrected chi connectivity index (χ3v) is 2.21. The Bertz CT molecular complexity index is 1530. The molecule has 0 heterocycles. The van der Waals surface area contributed by atoms with Gasteiger partial charge in [-0.1, -0.05) is 38.2 Å². The van der Waals surface area contributed by atoms with Gasteiger partial charge < -0.3 is 14.6 Å². The van der Waals surface area contributed by atoms with Crippen molar-refractivity contribution in [2.45, 2.75) is 64.2 Å². The van der Waals surface area contributed by atoms with Crippen LogP contribution in [0.5, 0.6) is 0 Å². The molecule has 0 saturated carbocycles. The normalized spacial score (nSPS) is 40.8. The van der Waals surface area contributed by atoms with Gasteiger partial charge in [0.25, 0.3) is 0 Å². The Labute approximate surface area is 185 Å². The topological polar surface area (TPSA) is 72.8 Å². The number of allylic oxidation sites excluding steroid dienone is 2. The molecule has 0 aromatic rings. The molecular formula is C19H30O5. The summed E-state index contributed by atoms with van der Waals surface area (Å²) in [5, 5.41) is 9.53. The smallest absolute Gasteiger partial charge is 0.228 e. The van der Waals surface area contributed by atoms with Gasteiger partial charge in [0.15, 0.2) is 0 Å². The van der Waals surface area contributed by atoms with Gasteiger partial charge in [0.05, 0.1) is 25.0 Å². The Morgan fingerprint density at radius 2 is 1.42 bits per heavy atom. The Kier molecular flexibility index (Phi) is 1.78. The lowest BCUT2D eigenvalue weighted by molar-refractivity contribution is -0.121. The molecule has 1 N–H and O–H groups in total. The molecule has 0 bridgehead atoms. The zero-order valence-corrected chi connectivity index (χ0v) is 11.6. The Morgan fingerprint density at radius 3 is 1.96 bits per heavy atom. The van der Waals surface area contributed by atoms with Crippen molar-refractivity contribution < 1.29 is 63.9 Å². The summed E-state index contributed by atoms with van der Waals surface area (Å²) in [6, 6.07) is 0. The van der Waals surface area contributed by atoms with Gasteiger partial charge in [-0.2, -0.15) is 0 Å². The molecule has 1 aliphatic carbocycles. The van der Waals surface area contributed by atoms with E-state index in [4.69, 9.17) is 39.8 Å². The van der Waals surface area contributed by atoms with Crippen LogP contribution in [0.1, 0.15) is 104 Å². The summed E-state index contributed by atoms with van der Waals surface area (Å²) in [6.45, 7) is -8.51. The first-order valence-electron chi connectivity index (χ1n) is 20.2. The van der Waals surface area contributed by atoms with Gasteiger partial charge in [-0.05, 0) is 26.0 Å². The maximum atomic E-state index is 13.7. The first-order chi connectivity index (χ1) is 22.5. The summed E-state index contributed by atoms with van der Waals surface area (Å²) in [7, 11) is -7.66. The van der Waals surface area contributed by atoms with Gasteiger partial charge in [-0.3, -0.25) is 9.59 Å². The number of hydrogen-bond acceptors (Lipinski definition) is 5. The summed E-state index contributed by atoms with van der Waals surface area (Å²) >= 11 is 0. The number of ether oxygens (including phenoxy) is 2. The molecule has 1 aliphatic rings. The number of methoxy groups -OCH3 is 2. The quantitative estimate of drug-likeness (QED) is 0.535. The molecule has 0 aliphatic heterocycles. The Hall–Kier alpha value is -1.62. The van der Waals surface area contributed by atoms with Crippen LogP contribution >= 0.6 is 0 Å². The van der Waals surface area contributed by atoms with E-state index >= 15 is 0 Å². The highest BCUT2D eigenvalue weighted by Crippen LogP contribution is 2.28. The van der Waals surface area contributed by atoms with E-state index in [1.807, 2.05) is 0 Å². The van der Waals surface area contributed by atoms with Crippen LogP contribution in [-0.2, 0) is 19.1 Å². The van der Waals surface area contributed by atoms with E-state index < -0.39 is 119 Å². The molecule has 0 spiro atoms. The minimum absolute atomic E-state index is 1.98. The highest BCUT2D eigenvalue weighted by atomic mass is 16.5. The Morgan fingerprint density at radius 1 is 0.875 bits per heavy atom. The molecule has 0 saturated heterocycles. The van der Waals surface area contributed by atoms with Crippen molar-refractivity contribution in [3.8, 4) is 0 Å². The van der Waals surface area contributed by atoms with Crippen molar-refractivity contribution in [3.63, 3.8) is 0 Å². The molecule has 0 unspecified atom stereocenters. The number of aliphatic hydroxyl groups is 1. The van der Waals surface area contributed by atoms with Gasteiger partial charge in [0.2, 0.25) is 23.1 Å². The van der Waals surface area contributed by atoms with E-state index in [1.54, 1.807) is 0 Å². The maximum absolute atomic E-state index is 13.7. The highest BCUT2D eigenvalue weighted by Gasteiger charge is 2.34. The van der Waals surface area contributed by atoms with Crippen molar-refractivity contribution in [1.29, 1.82) is 0 Å². The molecule has 0 amide bonds. The first kappa shape index (κ1) is 3.88. The molecule has 5 heteroatoms. The zero-order chi connectivity index (χ0) is 43.4. The van der Waals surface area contributed by atoms with Gasteiger partial charge in [0.1, 0.15) is 0 Å². The molecule has 0 fully saturated rings. The van der Waals surface area contributed by atoms with E-state index in [0.717, 1.165) is 0 Å². The van der Waals surface area contributed by atoms with E-state index in [9.17, 15) is 14.7 Å². The van der Waals surface area contributed by atoms with Crippen LogP contribution in [0.4, 0.5) is 0 Å². The second kappa shape index (κ2) is 11.0. The predicted octanol–water partition coefficient (Wildman–Crippen LogP) is 3.46. The summed E-state index contributed by atoms with van der Waals surface area (Å²) in [5.41, 5.74) is -4.58. The van der Waals surface area contributed by atoms with Crippen LogP contribution in [-0.4, -0.2) is 37.3 Å². The lowest BCUT2D eigenvalue weighted by Gasteiger charge is -2.20. The van der Waals surface area contributed by atoms with E-state index in [2.05, 4.69) is 9.47 Å². The van der Waals surface area contributed by atoms with Crippen molar-refractivity contribution in [2.75, 3.05) is 20.6 Å². The summed E-state index contributed by atoms with van der Waals surface area (Å²) < 4.78 is 236. The SMILES string of the molecule is [2H]C([2H])([2H])OC1=C(OC([2H])([2H])[2H])C(=O)C(C([2H])([2H])C([2H])([2H])C([2H])([2H])C([2H])([2H])C([2H])([2H])C([2H])([2H])C([2H])([2H])C([2H])([2H])C([2H])([2H])C([2H])([2H])O)=C(C([2H])([2H])[2H])C1=O. The van der Waals surface area contributed by atoms with Gasteiger partial charge >= 0.3 is 0 Å². The Balaban J connectivity index is 4.28. The molecule has 0 radical (unpaired) electrons. The van der Waals surface area contributed by atoms with Crippen molar-refractivity contribution in [1.82, 2.24) is 0 Å². The second-order valence-corrected chi connectivity index (χ2v) is 3.51. The van der Waals surface area contributed by atoms with Crippen LogP contribution in [0.15, 0.2) is 22.7 Å². The third-order valence-electron chi connectivity index (χ3n) is 2.21. The summed E-state index contributed by atoms with van der Waals surface area (Å²) in [4.78, 5) is 27.0. The second-order valence-electron chi connectivity index (χ2n) is 3.51. The van der Waals surface area contributed by atoms with Crippen LogP contribution in [0.25, 0.3) is 0 Å². The lowest BCUT2D eigenvalue weighted by atomic mass is 9.89. The zero-order valence-electron chi connectivity index (χ0n) is 40.6. The van der Waals surface area contributed by atoms with Gasteiger partial charge in [-0.25, -0.2) is 0 Å². The number of rotatable bonds is 12. The van der Waals surface area contributed by atoms with Crippen LogP contribution in [0.2, 0.25) is 0 Å². The van der Waals surface area contributed by atoms with Crippen LogP contribution in [0, 0.1) is 0 Å².